The van der Waals surface area contributed by atoms with Crippen molar-refractivity contribution in [1.82, 2.24) is 0 Å². The highest BCUT2D eigenvalue weighted by atomic mass is 28.4. The summed E-state index contributed by atoms with van der Waals surface area (Å²) in [5, 5.41) is 0. The van der Waals surface area contributed by atoms with Gasteiger partial charge in [-0.3, -0.25) is 0 Å². The summed E-state index contributed by atoms with van der Waals surface area (Å²) in [5.41, 5.74) is 5.80. The van der Waals surface area contributed by atoms with Gasteiger partial charge in [0, 0.05) is 33.2 Å². The van der Waals surface area contributed by atoms with Crippen LogP contribution in [0.2, 0.25) is 25.7 Å². The quantitative estimate of drug-likeness (QED) is 0.735. The van der Waals surface area contributed by atoms with E-state index in [1.807, 2.05) is 0 Å². The largest absolute Gasteiger partial charge is 0.383 e. The maximum atomic E-state index is 6.73. The van der Waals surface area contributed by atoms with E-state index >= 15 is 0 Å². The summed E-state index contributed by atoms with van der Waals surface area (Å²) < 4.78 is 13.2. The van der Waals surface area contributed by atoms with Gasteiger partial charge < -0.3 is 15.2 Å². The molecule has 22 heavy (non-hydrogen) atoms. The van der Waals surface area contributed by atoms with E-state index < -0.39 is 16.9 Å². The highest BCUT2D eigenvalue weighted by molar-refractivity contribution is 6.97. The highest BCUT2D eigenvalue weighted by Gasteiger charge is 2.60. The number of nitrogens with two attached hydrogens (primary N) is 1. The van der Waals surface area contributed by atoms with Crippen LogP contribution >= 0.6 is 0 Å². The zero-order valence-corrected chi connectivity index (χ0v) is 19.4. The van der Waals surface area contributed by atoms with Gasteiger partial charge in [-0.05, 0) is 51.5 Å². The van der Waals surface area contributed by atoms with Crippen molar-refractivity contribution in [3.8, 4) is 0 Å². The summed E-state index contributed by atoms with van der Waals surface area (Å²) in [6, 6.07) is 1.34. The zero-order valence-electron chi connectivity index (χ0n) is 15.2. The SMILES string of the molecule is C[SiH](CCCN)C1([Si](C)(C)C2([SiH3])CCCCO2)CCCCO1. The minimum Gasteiger partial charge on any atom is -0.383 e. The molecule has 6 heteroatoms. The van der Waals surface area contributed by atoms with Crippen molar-refractivity contribution in [2.75, 3.05) is 19.8 Å². The molecule has 0 aromatic rings. The predicted octanol–water partition coefficient (Wildman–Crippen LogP) is 1.72. The first-order valence-electron chi connectivity index (χ1n) is 9.38. The molecular weight excluding hydrogens is 322 g/mol. The second-order valence-corrected chi connectivity index (χ2v) is 19.8. The Morgan fingerprint density at radius 2 is 1.73 bits per heavy atom. The van der Waals surface area contributed by atoms with Crippen molar-refractivity contribution < 1.29 is 9.47 Å². The van der Waals surface area contributed by atoms with E-state index in [2.05, 4.69) is 19.6 Å². The molecule has 130 valence electrons. The molecule has 0 spiro atoms. The van der Waals surface area contributed by atoms with Gasteiger partial charge in [-0.25, -0.2) is 0 Å². The maximum Gasteiger partial charge on any atom is 0.112 e. The van der Waals surface area contributed by atoms with Gasteiger partial charge in [-0.2, -0.15) is 0 Å². The molecule has 2 aliphatic rings. The zero-order chi connectivity index (χ0) is 16.3. The fourth-order valence-corrected chi connectivity index (χ4v) is 19.7. The van der Waals surface area contributed by atoms with Crippen LogP contribution in [0.4, 0.5) is 0 Å². The molecule has 2 saturated heterocycles. The maximum absolute atomic E-state index is 6.73. The number of rotatable bonds is 6. The van der Waals surface area contributed by atoms with Crippen LogP contribution in [0.5, 0.6) is 0 Å². The summed E-state index contributed by atoms with van der Waals surface area (Å²) in [6.45, 7) is 10.6. The fourth-order valence-electron chi connectivity index (χ4n) is 4.85. The molecule has 2 aliphatic heterocycles. The van der Waals surface area contributed by atoms with E-state index in [-0.39, 0.29) is 9.70 Å². The molecule has 2 heterocycles. The van der Waals surface area contributed by atoms with Crippen molar-refractivity contribution in [1.29, 1.82) is 0 Å². The lowest BCUT2D eigenvalue weighted by molar-refractivity contribution is -0.00736. The molecule has 3 unspecified atom stereocenters. The lowest BCUT2D eigenvalue weighted by Gasteiger charge is -2.59. The van der Waals surface area contributed by atoms with Gasteiger partial charge >= 0.3 is 0 Å². The molecular formula is C16H37NO2Si3. The molecule has 2 N–H and O–H groups in total. The van der Waals surface area contributed by atoms with E-state index in [0.717, 1.165) is 30.0 Å². The van der Waals surface area contributed by atoms with Crippen LogP contribution in [0.25, 0.3) is 0 Å². The van der Waals surface area contributed by atoms with E-state index in [1.165, 1.54) is 51.0 Å². The third kappa shape index (κ3) is 3.33. The van der Waals surface area contributed by atoms with Gasteiger partial charge in [-0.1, -0.05) is 25.7 Å². The van der Waals surface area contributed by atoms with Crippen LogP contribution < -0.4 is 5.73 Å². The number of ether oxygens (including phenoxy) is 2. The lowest BCUT2D eigenvalue weighted by Crippen LogP contribution is -2.76. The molecule has 2 fully saturated rings. The molecule has 2 rings (SSSR count). The summed E-state index contributed by atoms with van der Waals surface area (Å²) in [6.07, 6.45) is 8.99. The summed E-state index contributed by atoms with van der Waals surface area (Å²) in [4.78, 5) is 0.464. The highest BCUT2D eigenvalue weighted by Crippen LogP contribution is 2.45. The first-order chi connectivity index (χ1) is 10.4. The third-order valence-corrected chi connectivity index (χ3v) is 23.8. The van der Waals surface area contributed by atoms with Crippen LogP contribution in [-0.4, -0.2) is 56.6 Å². The molecule has 0 aliphatic carbocycles. The molecule has 0 radical (unpaired) electrons. The number of hydrogen-bond donors (Lipinski definition) is 1. The molecule has 0 bridgehead atoms. The second-order valence-electron chi connectivity index (χ2n) is 8.19. The van der Waals surface area contributed by atoms with E-state index in [1.54, 1.807) is 0 Å². The average Bonchev–Trinajstić information content (AvgIpc) is 2.53. The monoisotopic (exact) mass is 359 g/mol. The fraction of sp³-hybridized carbons (Fsp3) is 1.00. The Kier molecular flexibility index (Phi) is 6.53. The van der Waals surface area contributed by atoms with Crippen LogP contribution in [0, 0.1) is 0 Å². The Labute approximate surface area is 142 Å². The molecule has 3 nitrogen and oxygen atoms in total. The average molecular weight is 360 g/mol. The van der Waals surface area contributed by atoms with Crippen LogP contribution in [0.1, 0.15) is 44.9 Å². The number of hydrogen-bond acceptors (Lipinski definition) is 3. The van der Waals surface area contributed by atoms with Crippen LogP contribution in [0.3, 0.4) is 0 Å². The van der Waals surface area contributed by atoms with E-state index in [4.69, 9.17) is 15.2 Å². The van der Waals surface area contributed by atoms with Gasteiger partial charge in [-0.15, -0.1) is 0 Å². The Hall–Kier alpha value is 0.531. The van der Waals surface area contributed by atoms with Gasteiger partial charge in [0.15, 0.2) is 0 Å². The summed E-state index contributed by atoms with van der Waals surface area (Å²) in [7, 11) is -1.46. The van der Waals surface area contributed by atoms with Crippen molar-refractivity contribution in [2.45, 2.75) is 80.3 Å². The summed E-state index contributed by atoms with van der Waals surface area (Å²) >= 11 is 0. The Balaban J connectivity index is 2.29. The predicted molar refractivity (Wildman–Crippen MR) is 104 cm³/mol. The van der Waals surface area contributed by atoms with Gasteiger partial charge in [0.1, 0.15) is 8.07 Å². The van der Waals surface area contributed by atoms with Crippen molar-refractivity contribution in [3.63, 3.8) is 0 Å². The summed E-state index contributed by atoms with van der Waals surface area (Å²) in [5.74, 6) is 0. The lowest BCUT2D eigenvalue weighted by atomic mass is 10.2. The van der Waals surface area contributed by atoms with Crippen molar-refractivity contribution >= 4 is 27.1 Å². The van der Waals surface area contributed by atoms with Crippen molar-refractivity contribution in [3.05, 3.63) is 0 Å². The Bertz CT molecular complexity index is 353. The van der Waals surface area contributed by atoms with Crippen LogP contribution in [-0.2, 0) is 9.47 Å². The molecule has 0 amide bonds. The first kappa shape index (κ1) is 18.9. The van der Waals surface area contributed by atoms with Crippen molar-refractivity contribution in [2.24, 2.45) is 5.73 Å². The molecule has 0 saturated carbocycles. The normalized spacial score (nSPS) is 35.5. The van der Waals surface area contributed by atoms with E-state index in [0.29, 0.717) is 0 Å². The molecule has 0 aromatic carbocycles. The van der Waals surface area contributed by atoms with Gasteiger partial charge in [0.05, 0.1) is 8.80 Å². The minimum absolute atomic E-state index is 0.229. The molecule has 3 atom stereocenters. The van der Waals surface area contributed by atoms with Gasteiger partial charge in [0.25, 0.3) is 0 Å². The van der Waals surface area contributed by atoms with Gasteiger partial charge in [0.2, 0.25) is 0 Å². The topological polar surface area (TPSA) is 44.5 Å². The Morgan fingerprint density at radius 3 is 2.23 bits per heavy atom. The minimum atomic E-state index is -1.65. The second kappa shape index (κ2) is 7.61. The Morgan fingerprint density at radius 1 is 1.09 bits per heavy atom. The molecule has 0 aromatic heterocycles. The first-order valence-corrected chi connectivity index (χ1v) is 15.9. The van der Waals surface area contributed by atoms with E-state index in [9.17, 15) is 0 Å². The third-order valence-electron chi connectivity index (χ3n) is 6.79. The standard InChI is InChI=1S/C16H37NO2Si3/c1-21(14-8-11-17)16(10-5-7-13-19-16)22(2,3)15(20)9-4-6-12-18-15/h21H,4-14,17H2,1-3,20H3. The van der Waals surface area contributed by atoms with Crippen LogP contribution in [0.15, 0.2) is 0 Å². The smallest absolute Gasteiger partial charge is 0.112 e.